The van der Waals surface area contributed by atoms with Gasteiger partial charge in [-0.1, -0.05) is 13.3 Å². The number of likely N-dealkylation sites (tertiary alicyclic amines) is 1. The van der Waals surface area contributed by atoms with Gasteiger partial charge in [-0.3, -0.25) is 14.3 Å². The molecule has 134 valence electrons. The highest BCUT2D eigenvalue weighted by Crippen LogP contribution is 2.36. The molecule has 0 saturated carbocycles. The highest BCUT2D eigenvalue weighted by Gasteiger charge is 2.40. The van der Waals surface area contributed by atoms with Gasteiger partial charge in [0.25, 0.3) is 0 Å². The van der Waals surface area contributed by atoms with Crippen molar-refractivity contribution in [2.75, 3.05) is 26.9 Å². The second-order valence-electron chi connectivity index (χ2n) is 6.18. The molecule has 0 aromatic carbocycles. The van der Waals surface area contributed by atoms with Gasteiger partial charge in [0.05, 0.1) is 24.8 Å². The molecule has 2 heterocycles. The van der Waals surface area contributed by atoms with Crippen LogP contribution in [0.1, 0.15) is 44.2 Å². The Morgan fingerprint density at radius 3 is 2.79 bits per heavy atom. The fraction of sp³-hybridized carbons (Fsp3) is 0.706. The van der Waals surface area contributed by atoms with Crippen molar-refractivity contribution in [3.63, 3.8) is 0 Å². The van der Waals surface area contributed by atoms with Gasteiger partial charge < -0.3 is 14.4 Å². The van der Waals surface area contributed by atoms with Crippen LogP contribution in [0.3, 0.4) is 0 Å². The van der Waals surface area contributed by atoms with Gasteiger partial charge in [0.2, 0.25) is 5.91 Å². The largest absolute Gasteiger partial charge is 0.463 e. The van der Waals surface area contributed by atoms with E-state index in [1.54, 1.807) is 22.8 Å². The van der Waals surface area contributed by atoms with Crippen LogP contribution in [0.25, 0.3) is 0 Å². The van der Waals surface area contributed by atoms with Gasteiger partial charge in [0.15, 0.2) is 0 Å². The molecule has 1 saturated heterocycles. The molecule has 1 amide bonds. The van der Waals surface area contributed by atoms with Gasteiger partial charge in [-0.25, -0.2) is 0 Å². The molecule has 0 radical (unpaired) electrons. The van der Waals surface area contributed by atoms with Crippen LogP contribution < -0.4 is 0 Å². The molecule has 0 aliphatic carbocycles. The zero-order valence-corrected chi connectivity index (χ0v) is 14.7. The summed E-state index contributed by atoms with van der Waals surface area (Å²) in [6, 6.07) is -0.326. The predicted molar refractivity (Wildman–Crippen MR) is 88.1 cm³/mol. The van der Waals surface area contributed by atoms with Gasteiger partial charge in [0, 0.05) is 38.9 Å². The number of carbonyl (C=O) groups is 2. The molecule has 1 aromatic heterocycles. The molecule has 1 fully saturated rings. The first-order valence-corrected chi connectivity index (χ1v) is 8.53. The number of hydrogen-bond acceptors (Lipinski definition) is 5. The Morgan fingerprint density at radius 1 is 1.33 bits per heavy atom. The summed E-state index contributed by atoms with van der Waals surface area (Å²) in [6.07, 6.45) is 6.49. The van der Waals surface area contributed by atoms with Crippen LogP contribution in [0, 0.1) is 5.92 Å². The maximum Gasteiger partial charge on any atom is 0.311 e. The number of amides is 1. The second kappa shape index (κ2) is 8.82. The highest BCUT2D eigenvalue weighted by atomic mass is 16.6. The third kappa shape index (κ3) is 4.56. The molecule has 2 rings (SSSR count). The molecule has 0 bridgehead atoms. The predicted octanol–water partition coefficient (Wildman–Crippen LogP) is 1.69. The van der Waals surface area contributed by atoms with E-state index in [4.69, 9.17) is 9.47 Å². The number of unbranched alkanes of at least 4 members (excludes halogenated alkanes) is 1. The monoisotopic (exact) mass is 337 g/mol. The number of aromatic nitrogens is 2. The van der Waals surface area contributed by atoms with Crippen LogP contribution >= 0.6 is 0 Å². The van der Waals surface area contributed by atoms with E-state index in [0.29, 0.717) is 26.1 Å². The van der Waals surface area contributed by atoms with E-state index in [2.05, 4.69) is 12.0 Å². The van der Waals surface area contributed by atoms with Crippen molar-refractivity contribution in [1.29, 1.82) is 0 Å². The SMILES string of the molecule is CCCCOCCOC(=O)C1CCC(=O)N(C)C1c1cnn(C)c1. The van der Waals surface area contributed by atoms with E-state index in [1.807, 2.05) is 13.2 Å². The van der Waals surface area contributed by atoms with Gasteiger partial charge in [-0.05, 0) is 12.8 Å². The number of hydrogen-bond donors (Lipinski definition) is 0. The lowest BCUT2D eigenvalue weighted by molar-refractivity contribution is -0.157. The Kier molecular flexibility index (Phi) is 6.78. The Morgan fingerprint density at radius 2 is 2.12 bits per heavy atom. The van der Waals surface area contributed by atoms with Crippen molar-refractivity contribution in [2.45, 2.75) is 38.6 Å². The lowest BCUT2D eigenvalue weighted by atomic mass is 9.86. The summed E-state index contributed by atoms with van der Waals surface area (Å²) in [6.45, 7) is 3.44. The lowest BCUT2D eigenvalue weighted by Crippen LogP contribution is -2.43. The number of rotatable bonds is 8. The molecule has 0 spiro atoms. The Balaban J connectivity index is 1.95. The number of carbonyl (C=O) groups excluding carboxylic acids is 2. The summed E-state index contributed by atoms with van der Waals surface area (Å²) in [4.78, 5) is 26.2. The maximum atomic E-state index is 12.5. The van der Waals surface area contributed by atoms with E-state index >= 15 is 0 Å². The molecule has 1 aliphatic heterocycles. The molecule has 0 N–H and O–H groups in total. The molecule has 2 atom stereocenters. The molecule has 7 heteroatoms. The standard InChI is InChI=1S/C17H27N3O4/c1-4-5-8-23-9-10-24-17(22)14-6-7-15(21)20(3)16(14)13-11-18-19(2)12-13/h11-12,14,16H,4-10H2,1-3H3. The maximum absolute atomic E-state index is 12.5. The van der Waals surface area contributed by atoms with E-state index in [1.165, 1.54) is 0 Å². The van der Waals surface area contributed by atoms with Crippen LogP contribution in [-0.4, -0.2) is 53.4 Å². The Bertz CT molecular complexity index is 558. The first kappa shape index (κ1) is 18.4. The number of piperidine rings is 1. The zero-order chi connectivity index (χ0) is 17.5. The number of aryl methyl sites for hydroxylation is 1. The van der Waals surface area contributed by atoms with Crippen LogP contribution in [0.15, 0.2) is 12.4 Å². The number of ether oxygens (including phenoxy) is 2. The first-order chi connectivity index (χ1) is 11.5. The quantitative estimate of drug-likeness (QED) is 0.533. The highest BCUT2D eigenvalue weighted by molar-refractivity contribution is 5.82. The lowest BCUT2D eigenvalue weighted by Gasteiger charge is -2.37. The van der Waals surface area contributed by atoms with Gasteiger partial charge >= 0.3 is 5.97 Å². The summed E-state index contributed by atoms with van der Waals surface area (Å²) in [5, 5.41) is 4.16. The molecular weight excluding hydrogens is 310 g/mol. The van der Waals surface area contributed by atoms with Crippen molar-refractivity contribution in [3.05, 3.63) is 18.0 Å². The van der Waals surface area contributed by atoms with E-state index < -0.39 is 0 Å². The minimum Gasteiger partial charge on any atom is -0.463 e. The van der Waals surface area contributed by atoms with Gasteiger partial charge in [-0.2, -0.15) is 5.10 Å². The average molecular weight is 337 g/mol. The first-order valence-electron chi connectivity index (χ1n) is 8.53. The average Bonchev–Trinajstić information content (AvgIpc) is 2.99. The fourth-order valence-electron chi connectivity index (χ4n) is 2.99. The molecule has 1 aromatic rings. The molecule has 24 heavy (non-hydrogen) atoms. The molecule has 1 aliphatic rings. The minimum atomic E-state index is -0.368. The van der Waals surface area contributed by atoms with Crippen molar-refractivity contribution >= 4 is 11.9 Å². The summed E-state index contributed by atoms with van der Waals surface area (Å²) in [7, 11) is 3.54. The third-order valence-corrected chi connectivity index (χ3v) is 4.34. The van der Waals surface area contributed by atoms with Crippen molar-refractivity contribution in [3.8, 4) is 0 Å². The normalized spacial score (nSPS) is 21.1. The summed E-state index contributed by atoms with van der Waals surface area (Å²) in [5.41, 5.74) is 0.856. The minimum absolute atomic E-state index is 0.0378. The van der Waals surface area contributed by atoms with Crippen LogP contribution in [-0.2, 0) is 26.1 Å². The summed E-state index contributed by atoms with van der Waals surface area (Å²) >= 11 is 0. The van der Waals surface area contributed by atoms with Gasteiger partial charge in [0.1, 0.15) is 6.61 Å². The zero-order valence-electron chi connectivity index (χ0n) is 14.7. The van der Waals surface area contributed by atoms with Crippen LogP contribution in [0.2, 0.25) is 0 Å². The number of esters is 1. The molecular formula is C17H27N3O4. The molecule has 7 nitrogen and oxygen atoms in total. The van der Waals surface area contributed by atoms with Crippen LogP contribution in [0.4, 0.5) is 0 Å². The third-order valence-electron chi connectivity index (χ3n) is 4.34. The van der Waals surface area contributed by atoms with Crippen molar-refractivity contribution in [2.24, 2.45) is 13.0 Å². The fourth-order valence-corrected chi connectivity index (χ4v) is 2.99. The summed E-state index contributed by atoms with van der Waals surface area (Å²) in [5.74, 6) is -0.606. The van der Waals surface area contributed by atoms with Crippen molar-refractivity contribution < 1.29 is 19.1 Å². The summed E-state index contributed by atoms with van der Waals surface area (Å²) < 4.78 is 12.5. The van der Waals surface area contributed by atoms with Crippen LogP contribution in [0.5, 0.6) is 0 Å². The van der Waals surface area contributed by atoms with Crippen molar-refractivity contribution in [1.82, 2.24) is 14.7 Å². The van der Waals surface area contributed by atoms with Gasteiger partial charge in [-0.15, -0.1) is 0 Å². The van der Waals surface area contributed by atoms with E-state index in [-0.39, 0.29) is 30.4 Å². The molecule has 2 unspecified atom stereocenters. The van der Waals surface area contributed by atoms with E-state index in [0.717, 1.165) is 18.4 Å². The Labute approximate surface area is 142 Å². The Hall–Kier alpha value is -1.89. The smallest absolute Gasteiger partial charge is 0.311 e. The van der Waals surface area contributed by atoms with E-state index in [9.17, 15) is 9.59 Å². The second-order valence-corrected chi connectivity index (χ2v) is 6.18. The topological polar surface area (TPSA) is 73.7 Å². The number of nitrogens with zero attached hydrogens (tertiary/aromatic N) is 3.